The Morgan fingerprint density at radius 2 is 1.85 bits per heavy atom. The molecule has 138 valence electrons. The average molecular weight is 362 g/mol. The second kappa shape index (κ2) is 7.76. The van der Waals surface area contributed by atoms with Crippen molar-refractivity contribution in [3.63, 3.8) is 0 Å². The Balaban J connectivity index is 1.54. The van der Waals surface area contributed by atoms with Crippen LogP contribution in [0, 0.1) is 0 Å². The van der Waals surface area contributed by atoms with Crippen LogP contribution < -0.4 is 0 Å². The van der Waals surface area contributed by atoms with Crippen LogP contribution in [-0.2, 0) is 16.1 Å². The number of benzene rings is 2. The lowest BCUT2D eigenvalue weighted by molar-refractivity contribution is -0.146. The van der Waals surface area contributed by atoms with Gasteiger partial charge in [0.1, 0.15) is 6.04 Å². The smallest absolute Gasteiger partial charge is 0.323 e. The van der Waals surface area contributed by atoms with Crippen molar-refractivity contribution >= 4 is 5.97 Å². The van der Waals surface area contributed by atoms with Gasteiger partial charge in [0, 0.05) is 18.7 Å². The van der Waals surface area contributed by atoms with Gasteiger partial charge in [0.25, 0.3) is 0 Å². The molecule has 0 unspecified atom stereocenters. The standard InChI is InChI=1S/C22H22N2O3/c1-26-22(25)19-12-18(15-24(19)14-16-8-4-2-5-9-16)21-23-13-20(27-21)17-10-6-3-7-11-17/h2-11,13,18-19H,12,14-15H2,1H3/t18-,19+/m1/s1. The first-order valence-corrected chi connectivity index (χ1v) is 9.11. The van der Waals surface area contributed by atoms with Crippen molar-refractivity contribution in [3.8, 4) is 11.3 Å². The molecule has 3 aromatic rings. The van der Waals surface area contributed by atoms with Crippen molar-refractivity contribution in [2.24, 2.45) is 0 Å². The van der Waals surface area contributed by atoms with E-state index in [0.717, 1.165) is 11.3 Å². The van der Waals surface area contributed by atoms with Gasteiger partial charge in [-0.25, -0.2) is 4.98 Å². The largest absolute Gasteiger partial charge is 0.468 e. The van der Waals surface area contributed by atoms with Gasteiger partial charge in [0.05, 0.1) is 19.2 Å². The van der Waals surface area contributed by atoms with Crippen molar-refractivity contribution < 1.29 is 13.9 Å². The molecule has 1 aromatic heterocycles. The normalized spacial score (nSPS) is 19.9. The van der Waals surface area contributed by atoms with Crippen LogP contribution in [0.5, 0.6) is 0 Å². The van der Waals surface area contributed by atoms with Gasteiger partial charge < -0.3 is 9.15 Å². The number of carbonyl (C=O) groups is 1. The number of hydrogen-bond acceptors (Lipinski definition) is 5. The summed E-state index contributed by atoms with van der Waals surface area (Å²) in [6.07, 6.45) is 2.41. The van der Waals surface area contributed by atoms with E-state index in [-0.39, 0.29) is 17.9 Å². The average Bonchev–Trinajstić information content (AvgIpc) is 3.36. The van der Waals surface area contributed by atoms with Gasteiger partial charge >= 0.3 is 5.97 Å². The summed E-state index contributed by atoms with van der Waals surface area (Å²) in [4.78, 5) is 18.9. The summed E-state index contributed by atoms with van der Waals surface area (Å²) in [7, 11) is 1.44. The number of oxazole rings is 1. The monoisotopic (exact) mass is 362 g/mol. The number of methoxy groups -OCH3 is 1. The topological polar surface area (TPSA) is 55.6 Å². The highest BCUT2D eigenvalue weighted by molar-refractivity contribution is 5.76. The molecule has 0 amide bonds. The fourth-order valence-corrected chi connectivity index (χ4v) is 3.67. The Labute approximate surface area is 158 Å². The van der Waals surface area contributed by atoms with E-state index in [1.807, 2.05) is 48.5 Å². The van der Waals surface area contributed by atoms with Gasteiger partial charge in [-0.15, -0.1) is 0 Å². The van der Waals surface area contributed by atoms with Crippen LogP contribution in [0.25, 0.3) is 11.3 Å². The third kappa shape index (κ3) is 3.78. The lowest BCUT2D eigenvalue weighted by atomic mass is 10.1. The molecular formula is C22H22N2O3. The van der Waals surface area contributed by atoms with Crippen LogP contribution in [0.1, 0.15) is 23.8 Å². The molecule has 0 aliphatic carbocycles. The summed E-state index contributed by atoms with van der Waals surface area (Å²) in [5, 5.41) is 0. The fourth-order valence-electron chi connectivity index (χ4n) is 3.67. The number of carbonyl (C=O) groups excluding carboxylic acids is 1. The number of hydrogen-bond donors (Lipinski definition) is 0. The summed E-state index contributed by atoms with van der Waals surface area (Å²) in [6.45, 7) is 1.41. The lowest BCUT2D eigenvalue weighted by Crippen LogP contribution is -2.36. The van der Waals surface area contributed by atoms with Crippen molar-refractivity contribution in [2.75, 3.05) is 13.7 Å². The zero-order valence-corrected chi connectivity index (χ0v) is 15.2. The molecule has 4 rings (SSSR count). The van der Waals surface area contributed by atoms with Crippen LogP contribution in [0.4, 0.5) is 0 Å². The highest BCUT2D eigenvalue weighted by atomic mass is 16.5. The first kappa shape index (κ1) is 17.5. The molecule has 1 fully saturated rings. The minimum absolute atomic E-state index is 0.0651. The van der Waals surface area contributed by atoms with E-state index in [0.29, 0.717) is 25.4 Å². The SMILES string of the molecule is COC(=O)[C@@H]1C[C@@H](c2ncc(-c3ccccc3)o2)CN1Cc1ccccc1. The first-order valence-electron chi connectivity index (χ1n) is 9.11. The molecule has 1 aliphatic rings. The second-order valence-corrected chi connectivity index (χ2v) is 6.82. The van der Waals surface area contributed by atoms with E-state index >= 15 is 0 Å². The van der Waals surface area contributed by atoms with Crippen LogP contribution in [0.2, 0.25) is 0 Å². The van der Waals surface area contributed by atoms with Crippen molar-refractivity contribution in [3.05, 3.63) is 78.3 Å². The van der Waals surface area contributed by atoms with E-state index in [2.05, 4.69) is 22.0 Å². The number of esters is 1. The molecule has 2 heterocycles. The molecule has 0 saturated carbocycles. The molecule has 2 aromatic carbocycles. The minimum Gasteiger partial charge on any atom is -0.468 e. The summed E-state index contributed by atoms with van der Waals surface area (Å²) < 4.78 is 11.1. The molecule has 0 radical (unpaired) electrons. The van der Waals surface area contributed by atoms with Gasteiger partial charge in [0.2, 0.25) is 0 Å². The predicted octanol–water partition coefficient (Wildman–Crippen LogP) is 3.87. The molecule has 5 nitrogen and oxygen atoms in total. The minimum atomic E-state index is -0.285. The molecule has 0 N–H and O–H groups in total. The van der Waals surface area contributed by atoms with Gasteiger partial charge in [0.15, 0.2) is 11.7 Å². The molecule has 0 spiro atoms. The van der Waals surface area contributed by atoms with Crippen LogP contribution in [0.15, 0.2) is 71.3 Å². The molecule has 0 bridgehead atoms. The number of likely N-dealkylation sites (tertiary alicyclic amines) is 1. The van der Waals surface area contributed by atoms with E-state index < -0.39 is 0 Å². The maximum Gasteiger partial charge on any atom is 0.323 e. The second-order valence-electron chi connectivity index (χ2n) is 6.82. The Bertz CT molecular complexity index is 892. The van der Waals surface area contributed by atoms with Gasteiger partial charge in [-0.05, 0) is 12.0 Å². The third-order valence-corrected chi connectivity index (χ3v) is 5.04. The van der Waals surface area contributed by atoms with Gasteiger partial charge in [-0.2, -0.15) is 0 Å². The zero-order chi connectivity index (χ0) is 18.6. The number of ether oxygens (including phenoxy) is 1. The van der Waals surface area contributed by atoms with E-state index in [1.54, 1.807) is 6.20 Å². The molecular weight excluding hydrogens is 340 g/mol. The summed E-state index contributed by atoms with van der Waals surface area (Å²) in [6, 6.07) is 19.8. The van der Waals surface area contributed by atoms with Gasteiger partial charge in [-0.3, -0.25) is 9.69 Å². The van der Waals surface area contributed by atoms with Crippen molar-refractivity contribution in [2.45, 2.75) is 24.9 Å². The van der Waals surface area contributed by atoms with Crippen LogP contribution >= 0.6 is 0 Å². The Hall–Kier alpha value is -2.92. The Kier molecular flexibility index (Phi) is 5.03. The highest BCUT2D eigenvalue weighted by Gasteiger charge is 2.40. The molecule has 27 heavy (non-hydrogen) atoms. The fraction of sp³-hybridized carbons (Fsp3) is 0.273. The van der Waals surface area contributed by atoms with Crippen LogP contribution in [0.3, 0.4) is 0 Å². The molecule has 1 aliphatic heterocycles. The maximum absolute atomic E-state index is 12.3. The van der Waals surface area contributed by atoms with E-state index in [4.69, 9.17) is 9.15 Å². The van der Waals surface area contributed by atoms with Crippen molar-refractivity contribution in [1.82, 2.24) is 9.88 Å². The zero-order valence-electron chi connectivity index (χ0n) is 15.2. The maximum atomic E-state index is 12.3. The van der Waals surface area contributed by atoms with Gasteiger partial charge in [-0.1, -0.05) is 60.7 Å². The Morgan fingerprint density at radius 3 is 2.56 bits per heavy atom. The molecule has 5 heteroatoms. The lowest BCUT2D eigenvalue weighted by Gasteiger charge is -2.22. The van der Waals surface area contributed by atoms with E-state index in [1.165, 1.54) is 12.7 Å². The van der Waals surface area contributed by atoms with Crippen molar-refractivity contribution in [1.29, 1.82) is 0 Å². The van der Waals surface area contributed by atoms with E-state index in [9.17, 15) is 4.79 Å². The summed E-state index contributed by atoms with van der Waals surface area (Å²) >= 11 is 0. The summed E-state index contributed by atoms with van der Waals surface area (Å²) in [5.41, 5.74) is 2.17. The number of nitrogens with zero attached hydrogens (tertiary/aromatic N) is 2. The summed E-state index contributed by atoms with van der Waals surface area (Å²) in [5.74, 6) is 1.29. The number of aromatic nitrogens is 1. The quantitative estimate of drug-likeness (QED) is 0.645. The molecule has 2 atom stereocenters. The predicted molar refractivity (Wildman–Crippen MR) is 102 cm³/mol. The third-order valence-electron chi connectivity index (χ3n) is 5.04. The van der Waals surface area contributed by atoms with Crippen LogP contribution in [-0.4, -0.2) is 35.5 Å². The highest BCUT2D eigenvalue weighted by Crippen LogP contribution is 2.34. The Morgan fingerprint density at radius 1 is 1.15 bits per heavy atom. The number of rotatable bonds is 5. The molecule has 1 saturated heterocycles. The first-order chi connectivity index (χ1) is 13.2.